The molecular formula is C13H21N5. The van der Waals surface area contributed by atoms with Crippen LogP contribution in [0.5, 0.6) is 0 Å². The quantitative estimate of drug-likeness (QED) is 0.904. The molecule has 0 saturated heterocycles. The number of fused-ring (bicyclic) bond motifs is 1. The summed E-state index contributed by atoms with van der Waals surface area (Å²) >= 11 is 0. The number of aromatic nitrogens is 4. The molecule has 1 aliphatic rings. The first-order valence-electron chi connectivity index (χ1n) is 6.77. The summed E-state index contributed by atoms with van der Waals surface area (Å²) in [5.74, 6) is 0.637. The minimum Gasteiger partial charge on any atom is -0.369 e. The standard InChI is InChI=1S/C13H21N5/c1-4-6-9-10-11(17(3)16-9)18(12(14)15-10)13(2)7-5-8-13/h4-8H2,1-3H3,(H2,14,15). The second kappa shape index (κ2) is 3.73. The van der Waals surface area contributed by atoms with E-state index in [1.165, 1.54) is 19.3 Å². The molecule has 0 bridgehead atoms. The van der Waals surface area contributed by atoms with Crippen molar-refractivity contribution >= 4 is 17.1 Å². The van der Waals surface area contributed by atoms with E-state index in [1.54, 1.807) is 0 Å². The predicted octanol–water partition coefficient (Wildman–Crippen LogP) is 2.20. The second-order valence-electron chi connectivity index (χ2n) is 5.65. The molecule has 0 radical (unpaired) electrons. The number of nitrogens with zero attached hydrogens (tertiary/aromatic N) is 4. The van der Waals surface area contributed by atoms with Crippen molar-refractivity contribution < 1.29 is 0 Å². The Morgan fingerprint density at radius 2 is 2.11 bits per heavy atom. The van der Waals surface area contributed by atoms with Gasteiger partial charge in [0.15, 0.2) is 5.65 Å². The molecule has 5 heteroatoms. The molecule has 2 aromatic heterocycles. The van der Waals surface area contributed by atoms with Crippen molar-refractivity contribution in [1.82, 2.24) is 19.3 Å². The van der Waals surface area contributed by atoms with Gasteiger partial charge in [0.05, 0.1) is 5.69 Å². The van der Waals surface area contributed by atoms with E-state index in [1.807, 2.05) is 11.7 Å². The monoisotopic (exact) mass is 247 g/mol. The van der Waals surface area contributed by atoms with Crippen LogP contribution in [0.4, 0.5) is 5.95 Å². The van der Waals surface area contributed by atoms with Crippen molar-refractivity contribution in [3.8, 4) is 0 Å². The van der Waals surface area contributed by atoms with Crippen LogP contribution in [-0.4, -0.2) is 19.3 Å². The van der Waals surface area contributed by atoms with Crippen molar-refractivity contribution in [2.45, 2.75) is 51.5 Å². The normalized spacial score (nSPS) is 18.2. The van der Waals surface area contributed by atoms with Gasteiger partial charge in [0.25, 0.3) is 0 Å². The lowest BCUT2D eigenvalue weighted by molar-refractivity contribution is 0.175. The summed E-state index contributed by atoms with van der Waals surface area (Å²) in [4.78, 5) is 4.56. The highest BCUT2D eigenvalue weighted by Crippen LogP contribution is 2.42. The molecule has 0 aliphatic heterocycles. The van der Waals surface area contributed by atoms with E-state index in [2.05, 4.69) is 28.5 Å². The van der Waals surface area contributed by atoms with Gasteiger partial charge in [-0.2, -0.15) is 5.10 Å². The highest BCUT2D eigenvalue weighted by molar-refractivity contribution is 5.78. The minimum absolute atomic E-state index is 0.135. The average Bonchev–Trinajstić information content (AvgIpc) is 2.75. The summed E-state index contributed by atoms with van der Waals surface area (Å²) in [6, 6.07) is 0. The van der Waals surface area contributed by atoms with Crippen LogP contribution in [0.3, 0.4) is 0 Å². The van der Waals surface area contributed by atoms with E-state index in [-0.39, 0.29) is 5.54 Å². The summed E-state index contributed by atoms with van der Waals surface area (Å²) in [5.41, 5.74) is 9.42. The van der Waals surface area contributed by atoms with Crippen LogP contribution >= 0.6 is 0 Å². The van der Waals surface area contributed by atoms with Crippen LogP contribution in [0.15, 0.2) is 0 Å². The Bertz CT molecular complexity index is 588. The lowest BCUT2D eigenvalue weighted by atomic mass is 9.78. The van der Waals surface area contributed by atoms with E-state index in [0.29, 0.717) is 5.95 Å². The third-order valence-corrected chi connectivity index (χ3v) is 4.19. The van der Waals surface area contributed by atoms with Gasteiger partial charge in [-0.1, -0.05) is 13.3 Å². The number of nitrogens with two attached hydrogens (primary N) is 1. The van der Waals surface area contributed by atoms with Gasteiger partial charge in [-0.25, -0.2) is 4.98 Å². The van der Waals surface area contributed by atoms with E-state index in [9.17, 15) is 0 Å². The number of rotatable bonds is 3. The van der Waals surface area contributed by atoms with Gasteiger partial charge in [-0.15, -0.1) is 0 Å². The molecule has 0 aromatic carbocycles. The zero-order valence-electron chi connectivity index (χ0n) is 11.4. The molecular weight excluding hydrogens is 226 g/mol. The Hall–Kier alpha value is -1.52. The molecule has 0 unspecified atom stereocenters. The zero-order chi connectivity index (χ0) is 12.9. The molecule has 0 atom stereocenters. The van der Waals surface area contributed by atoms with Crippen molar-refractivity contribution in [2.75, 3.05) is 5.73 Å². The minimum atomic E-state index is 0.135. The van der Waals surface area contributed by atoms with Crippen LogP contribution in [-0.2, 0) is 19.0 Å². The van der Waals surface area contributed by atoms with Gasteiger partial charge in [-0.3, -0.25) is 9.25 Å². The van der Waals surface area contributed by atoms with Crippen LogP contribution < -0.4 is 5.73 Å². The highest BCUT2D eigenvalue weighted by atomic mass is 15.4. The molecule has 3 rings (SSSR count). The maximum Gasteiger partial charge on any atom is 0.203 e. The molecule has 18 heavy (non-hydrogen) atoms. The Morgan fingerprint density at radius 1 is 1.39 bits per heavy atom. The number of hydrogen-bond acceptors (Lipinski definition) is 3. The van der Waals surface area contributed by atoms with Gasteiger partial charge >= 0.3 is 0 Å². The van der Waals surface area contributed by atoms with Crippen LogP contribution in [0.1, 0.15) is 45.2 Å². The van der Waals surface area contributed by atoms with E-state index in [0.717, 1.165) is 29.7 Å². The van der Waals surface area contributed by atoms with Crippen molar-refractivity contribution in [2.24, 2.45) is 7.05 Å². The van der Waals surface area contributed by atoms with Crippen LogP contribution in [0.2, 0.25) is 0 Å². The van der Waals surface area contributed by atoms with E-state index >= 15 is 0 Å². The second-order valence-corrected chi connectivity index (χ2v) is 5.65. The predicted molar refractivity (Wildman–Crippen MR) is 72.4 cm³/mol. The molecule has 1 saturated carbocycles. The summed E-state index contributed by atoms with van der Waals surface area (Å²) in [6.45, 7) is 4.43. The van der Waals surface area contributed by atoms with E-state index < -0.39 is 0 Å². The smallest absolute Gasteiger partial charge is 0.203 e. The molecule has 0 spiro atoms. The van der Waals surface area contributed by atoms with Gasteiger partial charge < -0.3 is 5.73 Å². The third-order valence-electron chi connectivity index (χ3n) is 4.19. The fourth-order valence-electron chi connectivity index (χ4n) is 3.05. The molecule has 2 N–H and O–H groups in total. The van der Waals surface area contributed by atoms with E-state index in [4.69, 9.17) is 5.73 Å². The number of anilines is 1. The highest BCUT2D eigenvalue weighted by Gasteiger charge is 2.37. The van der Waals surface area contributed by atoms with Crippen molar-refractivity contribution in [1.29, 1.82) is 0 Å². The van der Waals surface area contributed by atoms with Crippen molar-refractivity contribution in [3.63, 3.8) is 0 Å². The Balaban J connectivity index is 2.23. The maximum atomic E-state index is 6.14. The fourth-order valence-corrected chi connectivity index (χ4v) is 3.05. The maximum absolute atomic E-state index is 6.14. The fraction of sp³-hybridized carbons (Fsp3) is 0.692. The first-order valence-corrected chi connectivity index (χ1v) is 6.77. The van der Waals surface area contributed by atoms with Gasteiger partial charge in [0.2, 0.25) is 5.95 Å². The molecule has 1 fully saturated rings. The van der Waals surface area contributed by atoms with Gasteiger partial charge in [-0.05, 0) is 32.6 Å². The molecule has 5 nitrogen and oxygen atoms in total. The molecule has 0 amide bonds. The number of imidazole rings is 1. The first-order chi connectivity index (χ1) is 8.57. The summed E-state index contributed by atoms with van der Waals surface area (Å²) in [5, 5.41) is 4.59. The number of aryl methyl sites for hydroxylation is 2. The first kappa shape index (κ1) is 11.6. The third kappa shape index (κ3) is 1.39. The van der Waals surface area contributed by atoms with Crippen molar-refractivity contribution in [3.05, 3.63) is 5.69 Å². The molecule has 1 aliphatic carbocycles. The topological polar surface area (TPSA) is 61.7 Å². The molecule has 2 aromatic rings. The largest absolute Gasteiger partial charge is 0.369 e. The SMILES string of the molecule is CCCc1nn(C)c2c1nc(N)n2C1(C)CCC1. The zero-order valence-corrected chi connectivity index (χ0v) is 11.4. The lowest BCUT2D eigenvalue weighted by Gasteiger charge is -2.40. The Labute approximate surface area is 107 Å². The van der Waals surface area contributed by atoms with Crippen LogP contribution in [0.25, 0.3) is 11.2 Å². The number of nitrogen functional groups attached to an aromatic ring is 1. The molecule has 98 valence electrons. The average molecular weight is 247 g/mol. The Morgan fingerprint density at radius 3 is 2.67 bits per heavy atom. The van der Waals surface area contributed by atoms with Gasteiger partial charge in [0.1, 0.15) is 5.52 Å². The summed E-state index contributed by atoms with van der Waals surface area (Å²) in [7, 11) is 1.99. The Kier molecular flexibility index (Phi) is 2.40. The number of hydrogen-bond donors (Lipinski definition) is 1. The lowest BCUT2D eigenvalue weighted by Crippen LogP contribution is -2.38. The van der Waals surface area contributed by atoms with Crippen LogP contribution in [0, 0.1) is 0 Å². The summed E-state index contributed by atoms with van der Waals surface area (Å²) in [6.07, 6.45) is 5.67. The molecule has 2 heterocycles. The summed E-state index contributed by atoms with van der Waals surface area (Å²) < 4.78 is 4.13. The van der Waals surface area contributed by atoms with Gasteiger partial charge in [0, 0.05) is 12.6 Å².